The normalized spacial score (nSPS) is 15.5. The molecule has 3 nitrogen and oxygen atoms in total. The number of nitrogens with one attached hydrogen (secondary N) is 1. The van der Waals surface area contributed by atoms with Crippen molar-refractivity contribution in [3.63, 3.8) is 0 Å². The standard InChI is InChI=1S/C18H17BrN2O/c19-17-8-4-5-9-18(17)20-15-10-16(22)13-21(12-15)11-14-6-2-1-3-7-14/h1-10,20H,11-13H2. The molecule has 112 valence electrons. The van der Waals surface area contributed by atoms with E-state index in [1.807, 2.05) is 42.5 Å². The quantitative estimate of drug-likeness (QED) is 0.903. The summed E-state index contributed by atoms with van der Waals surface area (Å²) in [5.41, 5.74) is 3.12. The number of carbonyl (C=O) groups excluding carboxylic acids is 1. The van der Waals surface area contributed by atoms with Crippen LogP contribution in [0.15, 0.2) is 70.8 Å². The monoisotopic (exact) mass is 356 g/mol. The third kappa shape index (κ3) is 3.84. The van der Waals surface area contributed by atoms with Gasteiger partial charge >= 0.3 is 0 Å². The Morgan fingerprint density at radius 2 is 1.73 bits per heavy atom. The smallest absolute Gasteiger partial charge is 0.171 e. The minimum Gasteiger partial charge on any atom is -0.357 e. The van der Waals surface area contributed by atoms with Crippen LogP contribution < -0.4 is 5.32 Å². The van der Waals surface area contributed by atoms with Crippen molar-refractivity contribution in [3.05, 3.63) is 76.4 Å². The van der Waals surface area contributed by atoms with E-state index in [0.717, 1.165) is 28.9 Å². The van der Waals surface area contributed by atoms with E-state index < -0.39 is 0 Å². The minimum atomic E-state index is 0.136. The van der Waals surface area contributed by atoms with Crippen molar-refractivity contribution < 1.29 is 4.79 Å². The average Bonchev–Trinajstić information content (AvgIpc) is 2.50. The van der Waals surface area contributed by atoms with Crippen molar-refractivity contribution in [1.82, 2.24) is 4.90 Å². The molecule has 0 bridgehead atoms. The molecule has 22 heavy (non-hydrogen) atoms. The summed E-state index contributed by atoms with van der Waals surface area (Å²) >= 11 is 3.52. The minimum absolute atomic E-state index is 0.136. The van der Waals surface area contributed by atoms with E-state index >= 15 is 0 Å². The number of nitrogens with zero attached hydrogens (tertiary/aromatic N) is 1. The van der Waals surface area contributed by atoms with Gasteiger partial charge in [0.15, 0.2) is 5.78 Å². The highest BCUT2D eigenvalue weighted by Gasteiger charge is 2.18. The number of ketones is 1. The Balaban J connectivity index is 1.70. The molecule has 0 atom stereocenters. The van der Waals surface area contributed by atoms with E-state index in [1.165, 1.54) is 5.56 Å². The van der Waals surface area contributed by atoms with E-state index in [2.05, 4.69) is 38.3 Å². The molecule has 0 amide bonds. The highest BCUT2D eigenvalue weighted by Crippen LogP contribution is 2.24. The van der Waals surface area contributed by atoms with E-state index in [9.17, 15) is 4.79 Å². The van der Waals surface area contributed by atoms with E-state index in [4.69, 9.17) is 0 Å². The van der Waals surface area contributed by atoms with E-state index in [0.29, 0.717) is 6.54 Å². The van der Waals surface area contributed by atoms with Crippen molar-refractivity contribution in [2.24, 2.45) is 0 Å². The molecular weight excluding hydrogens is 340 g/mol. The molecule has 0 saturated heterocycles. The molecule has 4 heteroatoms. The second kappa shape index (κ2) is 6.90. The first-order valence-electron chi connectivity index (χ1n) is 7.22. The maximum absolute atomic E-state index is 12.0. The van der Waals surface area contributed by atoms with Crippen LogP contribution in [0.5, 0.6) is 0 Å². The van der Waals surface area contributed by atoms with Gasteiger partial charge in [-0.3, -0.25) is 9.69 Å². The molecule has 0 saturated carbocycles. The summed E-state index contributed by atoms with van der Waals surface area (Å²) in [4.78, 5) is 14.1. The van der Waals surface area contributed by atoms with Crippen LogP contribution in [0, 0.1) is 0 Å². The molecule has 2 aromatic rings. The van der Waals surface area contributed by atoms with Crippen LogP contribution in [0.1, 0.15) is 5.56 Å². The van der Waals surface area contributed by atoms with Crippen LogP contribution in [0.25, 0.3) is 0 Å². The SMILES string of the molecule is O=C1C=C(Nc2ccccc2Br)CN(Cc2ccccc2)C1. The van der Waals surface area contributed by atoms with Gasteiger partial charge < -0.3 is 5.32 Å². The summed E-state index contributed by atoms with van der Waals surface area (Å²) in [7, 11) is 0. The lowest BCUT2D eigenvalue weighted by atomic mass is 10.1. The van der Waals surface area contributed by atoms with Crippen LogP contribution in [0.4, 0.5) is 5.69 Å². The zero-order valence-corrected chi connectivity index (χ0v) is 13.7. The first-order chi connectivity index (χ1) is 10.7. The van der Waals surface area contributed by atoms with Gasteiger partial charge in [0.25, 0.3) is 0 Å². The summed E-state index contributed by atoms with van der Waals surface area (Å²) in [6, 6.07) is 18.1. The van der Waals surface area contributed by atoms with Gasteiger partial charge in [-0.25, -0.2) is 0 Å². The Morgan fingerprint density at radius 1 is 1.00 bits per heavy atom. The Hall–Kier alpha value is -1.91. The van der Waals surface area contributed by atoms with Gasteiger partial charge in [0.1, 0.15) is 0 Å². The molecular formula is C18H17BrN2O. The molecule has 0 aromatic heterocycles. The summed E-state index contributed by atoms with van der Waals surface area (Å²) in [5.74, 6) is 0.136. The summed E-state index contributed by atoms with van der Waals surface area (Å²) < 4.78 is 0.989. The maximum Gasteiger partial charge on any atom is 0.171 e. The van der Waals surface area contributed by atoms with E-state index in [1.54, 1.807) is 6.08 Å². The Kier molecular flexibility index (Phi) is 4.71. The number of hydrogen-bond acceptors (Lipinski definition) is 3. The van der Waals surface area contributed by atoms with Gasteiger partial charge in [0.05, 0.1) is 12.2 Å². The fourth-order valence-corrected chi connectivity index (χ4v) is 2.95. The highest BCUT2D eigenvalue weighted by atomic mass is 79.9. The molecule has 0 aliphatic carbocycles. The molecule has 3 rings (SSSR count). The molecule has 1 heterocycles. The maximum atomic E-state index is 12.0. The van der Waals surface area contributed by atoms with Crippen molar-refractivity contribution in [2.75, 3.05) is 18.4 Å². The number of anilines is 1. The van der Waals surface area contributed by atoms with Gasteiger partial charge in [-0.15, -0.1) is 0 Å². The molecule has 1 aliphatic heterocycles. The number of para-hydroxylation sites is 1. The van der Waals surface area contributed by atoms with Crippen molar-refractivity contribution in [1.29, 1.82) is 0 Å². The number of carbonyl (C=O) groups is 1. The van der Waals surface area contributed by atoms with Crippen molar-refractivity contribution in [2.45, 2.75) is 6.54 Å². The molecule has 0 radical (unpaired) electrons. The topological polar surface area (TPSA) is 32.3 Å². The lowest BCUT2D eigenvalue weighted by molar-refractivity contribution is -0.116. The predicted octanol–water partition coefficient (Wildman–Crippen LogP) is 3.83. The molecule has 0 unspecified atom stereocenters. The van der Waals surface area contributed by atoms with Gasteiger partial charge in [0, 0.05) is 29.3 Å². The lowest BCUT2D eigenvalue weighted by Gasteiger charge is -2.27. The van der Waals surface area contributed by atoms with Crippen LogP contribution in [-0.2, 0) is 11.3 Å². The molecule has 1 N–H and O–H groups in total. The Labute approximate surface area is 138 Å². The molecule has 1 aliphatic rings. The molecule has 0 fully saturated rings. The largest absolute Gasteiger partial charge is 0.357 e. The van der Waals surface area contributed by atoms with E-state index in [-0.39, 0.29) is 5.78 Å². The number of halogens is 1. The van der Waals surface area contributed by atoms with Crippen molar-refractivity contribution in [3.8, 4) is 0 Å². The summed E-state index contributed by atoms with van der Waals surface area (Å²) in [5, 5.41) is 3.35. The number of rotatable bonds is 4. The van der Waals surface area contributed by atoms with Gasteiger partial charge in [0.2, 0.25) is 0 Å². The first-order valence-corrected chi connectivity index (χ1v) is 8.01. The third-order valence-electron chi connectivity index (χ3n) is 3.53. The average molecular weight is 357 g/mol. The highest BCUT2D eigenvalue weighted by molar-refractivity contribution is 9.10. The lowest BCUT2D eigenvalue weighted by Crippen LogP contribution is -2.36. The van der Waals surface area contributed by atoms with Gasteiger partial charge in [-0.1, -0.05) is 42.5 Å². The summed E-state index contributed by atoms with van der Waals surface area (Å²) in [6.07, 6.45) is 1.71. The van der Waals surface area contributed by atoms with Crippen molar-refractivity contribution >= 4 is 27.4 Å². The van der Waals surface area contributed by atoms with Crippen LogP contribution in [-0.4, -0.2) is 23.8 Å². The summed E-state index contributed by atoms with van der Waals surface area (Å²) in [6.45, 7) is 1.99. The fraction of sp³-hybridized carbons (Fsp3) is 0.167. The zero-order valence-electron chi connectivity index (χ0n) is 12.1. The second-order valence-electron chi connectivity index (χ2n) is 5.37. The Bertz CT molecular complexity index is 697. The van der Waals surface area contributed by atoms with Gasteiger partial charge in [-0.2, -0.15) is 0 Å². The number of benzene rings is 2. The number of hydrogen-bond donors (Lipinski definition) is 1. The third-order valence-corrected chi connectivity index (χ3v) is 4.22. The Morgan fingerprint density at radius 3 is 2.50 bits per heavy atom. The van der Waals surface area contributed by atoms with Gasteiger partial charge in [-0.05, 0) is 33.6 Å². The van der Waals surface area contributed by atoms with Crippen LogP contribution in [0.2, 0.25) is 0 Å². The second-order valence-corrected chi connectivity index (χ2v) is 6.23. The fourth-order valence-electron chi connectivity index (χ4n) is 2.57. The molecule has 0 spiro atoms. The molecule has 2 aromatic carbocycles. The van der Waals surface area contributed by atoms with Crippen LogP contribution in [0.3, 0.4) is 0 Å². The zero-order chi connectivity index (χ0) is 15.4. The first kappa shape index (κ1) is 15.0. The predicted molar refractivity (Wildman–Crippen MR) is 92.6 cm³/mol. The van der Waals surface area contributed by atoms with Crippen LogP contribution >= 0.6 is 15.9 Å².